The Morgan fingerprint density at radius 1 is 1.09 bits per heavy atom. The summed E-state index contributed by atoms with van der Waals surface area (Å²) < 4.78 is 5.64. The van der Waals surface area contributed by atoms with Crippen molar-refractivity contribution in [3.8, 4) is 0 Å². The topological polar surface area (TPSA) is 75.6 Å². The van der Waals surface area contributed by atoms with Crippen molar-refractivity contribution >= 4 is 11.8 Å². The van der Waals surface area contributed by atoms with Gasteiger partial charge in [0.05, 0.1) is 24.3 Å². The normalized spacial score (nSPS) is 25.7. The third kappa shape index (κ3) is 2.94. The predicted octanol–water partition coefficient (Wildman–Crippen LogP) is 0.184. The molecule has 7 nitrogen and oxygen atoms in total. The molecule has 0 bridgehead atoms. The Morgan fingerprint density at radius 2 is 1.77 bits per heavy atom. The first-order chi connectivity index (χ1) is 10.5. The molecule has 0 saturated carbocycles. The van der Waals surface area contributed by atoms with Crippen LogP contribution in [0.15, 0.2) is 18.6 Å². The van der Waals surface area contributed by atoms with Crippen LogP contribution < -0.4 is 0 Å². The molecule has 0 aromatic carbocycles. The fraction of sp³-hybridized carbons (Fsp3) is 0.600. The Kier molecular flexibility index (Phi) is 4.06. The van der Waals surface area contributed by atoms with Crippen LogP contribution in [0.2, 0.25) is 0 Å². The van der Waals surface area contributed by atoms with Crippen molar-refractivity contribution in [2.75, 3.05) is 26.2 Å². The molecule has 2 aliphatic rings. The second kappa shape index (κ2) is 6.00. The molecule has 2 saturated heterocycles. The van der Waals surface area contributed by atoms with E-state index < -0.39 is 0 Å². The molecule has 0 aliphatic carbocycles. The summed E-state index contributed by atoms with van der Waals surface area (Å²) in [6.07, 6.45) is 4.59. The minimum Gasteiger partial charge on any atom is -0.372 e. The molecule has 22 heavy (non-hydrogen) atoms. The van der Waals surface area contributed by atoms with Gasteiger partial charge in [0.1, 0.15) is 5.69 Å². The molecule has 0 radical (unpaired) electrons. The van der Waals surface area contributed by atoms with Gasteiger partial charge in [-0.2, -0.15) is 0 Å². The SMILES string of the molecule is CC1CN(C(=O)C2CN(C(=O)c3cnccn3)C2)CC(C)O1. The number of hydrogen-bond acceptors (Lipinski definition) is 5. The van der Waals surface area contributed by atoms with Crippen molar-refractivity contribution in [3.63, 3.8) is 0 Å². The lowest BCUT2D eigenvalue weighted by Gasteiger charge is -2.43. The Balaban J connectivity index is 1.54. The Labute approximate surface area is 129 Å². The molecule has 0 spiro atoms. The molecule has 2 unspecified atom stereocenters. The Bertz CT molecular complexity index is 549. The molecule has 3 rings (SSSR count). The van der Waals surface area contributed by atoms with Gasteiger partial charge in [-0.05, 0) is 13.8 Å². The Morgan fingerprint density at radius 3 is 2.36 bits per heavy atom. The van der Waals surface area contributed by atoms with Crippen molar-refractivity contribution in [1.29, 1.82) is 0 Å². The van der Waals surface area contributed by atoms with Gasteiger partial charge in [-0.3, -0.25) is 14.6 Å². The van der Waals surface area contributed by atoms with E-state index in [1.165, 1.54) is 18.6 Å². The van der Waals surface area contributed by atoms with E-state index in [0.717, 1.165) is 0 Å². The van der Waals surface area contributed by atoms with Crippen LogP contribution in [0, 0.1) is 5.92 Å². The van der Waals surface area contributed by atoms with E-state index >= 15 is 0 Å². The zero-order valence-electron chi connectivity index (χ0n) is 12.8. The van der Waals surface area contributed by atoms with E-state index in [0.29, 0.717) is 31.9 Å². The van der Waals surface area contributed by atoms with E-state index in [4.69, 9.17) is 4.74 Å². The van der Waals surface area contributed by atoms with Gasteiger partial charge in [-0.1, -0.05) is 0 Å². The standard InChI is InChI=1S/C15H20N4O3/c1-10-6-18(7-11(2)22-10)14(20)12-8-19(9-12)15(21)13-5-16-3-4-17-13/h3-5,10-12H,6-9H2,1-2H3. The number of nitrogens with zero attached hydrogens (tertiary/aromatic N) is 4. The highest BCUT2D eigenvalue weighted by atomic mass is 16.5. The molecule has 2 fully saturated rings. The van der Waals surface area contributed by atoms with Crippen molar-refractivity contribution in [2.45, 2.75) is 26.1 Å². The molecule has 3 heterocycles. The number of rotatable bonds is 2. The summed E-state index contributed by atoms with van der Waals surface area (Å²) in [4.78, 5) is 36.0. The number of morpholine rings is 1. The van der Waals surface area contributed by atoms with E-state index in [1.807, 2.05) is 18.7 Å². The molecule has 2 aliphatic heterocycles. The van der Waals surface area contributed by atoms with Crippen LogP contribution in [0.1, 0.15) is 24.3 Å². The van der Waals surface area contributed by atoms with Crippen molar-refractivity contribution in [3.05, 3.63) is 24.3 Å². The average molecular weight is 304 g/mol. The number of likely N-dealkylation sites (tertiary alicyclic amines) is 1. The summed E-state index contributed by atoms with van der Waals surface area (Å²) in [5.41, 5.74) is 0.321. The maximum atomic E-state index is 12.5. The predicted molar refractivity (Wildman–Crippen MR) is 78.0 cm³/mol. The highest BCUT2D eigenvalue weighted by molar-refractivity contribution is 5.94. The van der Waals surface area contributed by atoms with Crippen LogP contribution >= 0.6 is 0 Å². The minimum atomic E-state index is -0.166. The van der Waals surface area contributed by atoms with E-state index in [9.17, 15) is 9.59 Å². The maximum absolute atomic E-state index is 12.5. The minimum absolute atomic E-state index is 0.0603. The van der Waals surface area contributed by atoms with Crippen LogP contribution in [-0.4, -0.2) is 70.0 Å². The first kappa shape index (κ1) is 14.9. The number of ether oxygens (including phenoxy) is 1. The molecule has 1 aromatic rings. The number of carbonyl (C=O) groups is 2. The summed E-state index contributed by atoms with van der Waals surface area (Å²) >= 11 is 0. The van der Waals surface area contributed by atoms with Crippen LogP contribution in [0.4, 0.5) is 0 Å². The van der Waals surface area contributed by atoms with Crippen LogP contribution in [0.5, 0.6) is 0 Å². The lowest BCUT2D eigenvalue weighted by molar-refractivity contribution is -0.151. The van der Waals surface area contributed by atoms with Crippen LogP contribution in [0.3, 0.4) is 0 Å². The lowest BCUT2D eigenvalue weighted by atomic mass is 9.97. The molecule has 0 N–H and O–H groups in total. The van der Waals surface area contributed by atoms with Gasteiger partial charge in [-0.15, -0.1) is 0 Å². The fourth-order valence-corrected chi connectivity index (χ4v) is 2.99. The summed E-state index contributed by atoms with van der Waals surface area (Å²) in [7, 11) is 0. The summed E-state index contributed by atoms with van der Waals surface area (Å²) in [5, 5.41) is 0. The summed E-state index contributed by atoms with van der Waals surface area (Å²) in [6, 6.07) is 0. The second-order valence-corrected chi connectivity index (χ2v) is 6.00. The van der Waals surface area contributed by atoms with E-state index in [2.05, 4.69) is 9.97 Å². The zero-order valence-corrected chi connectivity index (χ0v) is 12.8. The molecule has 118 valence electrons. The van der Waals surface area contributed by atoms with Gasteiger partial charge in [-0.25, -0.2) is 4.98 Å². The van der Waals surface area contributed by atoms with E-state index in [-0.39, 0.29) is 29.9 Å². The number of aromatic nitrogens is 2. The highest BCUT2D eigenvalue weighted by Gasteiger charge is 2.40. The summed E-state index contributed by atoms with van der Waals surface area (Å²) in [5.74, 6) is -0.163. The molecule has 2 amide bonds. The molecule has 7 heteroatoms. The highest BCUT2D eigenvalue weighted by Crippen LogP contribution is 2.22. The van der Waals surface area contributed by atoms with Crippen LogP contribution in [-0.2, 0) is 9.53 Å². The average Bonchev–Trinajstić information content (AvgIpc) is 2.45. The molecular formula is C15H20N4O3. The van der Waals surface area contributed by atoms with Crippen molar-refractivity contribution < 1.29 is 14.3 Å². The van der Waals surface area contributed by atoms with Gasteiger partial charge >= 0.3 is 0 Å². The first-order valence-electron chi connectivity index (χ1n) is 7.54. The number of hydrogen-bond donors (Lipinski definition) is 0. The van der Waals surface area contributed by atoms with Gasteiger partial charge in [0, 0.05) is 38.6 Å². The fourth-order valence-electron chi connectivity index (χ4n) is 2.99. The van der Waals surface area contributed by atoms with Gasteiger partial charge < -0.3 is 14.5 Å². The van der Waals surface area contributed by atoms with Crippen molar-refractivity contribution in [2.24, 2.45) is 5.92 Å². The lowest BCUT2D eigenvalue weighted by Crippen LogP contribution is -2.59. The smallest absolute Gasteiger partial charge is 0.274 e. The first-order valence-corrected chi connectivity index (χ1v) is 7.54. The van der Waals surface area contributed by atoms with E-state index in [1.54, 1.807) is 4.90 Å². The van der Waals surface area contributed by atoms with Crippen molar-refractivity contribution in [1.82, 2.24) is 19.8 Å². The van der Waals surface area contributed by atoms with Gasteiger partial charge in [0.25, 0.3) is 5.91 Å². The monoisotopic (exact) mass is 304 g/mol. The molecular weight excluding hydrogens is 284 g/mol. The Hall–Kier alpha value is -2.02. The quantitative estimate of drug-likeness (QED) is 0.779. The van der Waals surface area contributed by atoms with Gasteiger partial charge in [0.2, 0.25) is 5.91 Å². The molecule has 2 atom stereocenters. The third-order valence-corrected chi connectivity index (χ3v) is 4.03. The zero-order chi connectivity index (χ0) is 15.7. The number of amides is 2. The summed E-state index contributed by atoms with van der Waals surface area (Å²) in [6.45, 7) is 6.10. The maximum Gasteiger partial charge on any atom is 0.274 e. The molecule has 1 aromatic heterocycles. The third-order valence-electron chi connectivity index (χ3n) is 4.03. The van der Waals surface area contributed by atoms with Gasteiger partial charge in [0.15, 0.2) is 0 Å². The largest absolute Gasteiger partial charge is 0.372 e. The van der Waals surface area contributed by atoms with Crippen LogP contribution in [0.25, 0.3) is 0 Å². The number of carbonyl (C=O) groups excluding carboxylic acids is 2. The second-order valence-electron chi connectivity index (χ2n) is 6.00.